The Morgan fingerprint density at radius 1 is 0.278 bits per heavy atom. The van der Waals surface area contributed by atoms with Crippen LogP contribution in [0.5, 0.6) is 35.3 Å². The van der Waals surface area contributed by atoms with E-state index in [1.54, 1.807) is 0 Å². The van der Waals surface area contributed by atoms with Gasteiger partial charge in [-0.1, -0.05) is 0 Å². The molecule has 7 rings (SSSR count). The van der Waals surface area contributed by atoms with Crippen molar-refractivity contribution in [2.24, 2.45) is 30.0 Å². The molecule has 0 saturated carbocycles. The molecule has 0 aliphatic carbocycles. The lowest BCUT2D eigenvalue weighted by molar-refractivity contribution is -0.289. The predicted octanol–water partition coefficient (Wildman–Crippen LogP) is 2.07. The highest BCUT2D eigenvalue weighted by Crippen LogP contribution is 2.34. The summed E-state index contributed by atoms with van der Waals surface area (Å²) in [5.41, 5.74) is -10.5. The highest BCUT2D eigenvalue weighted by molar-refractivity contribution is 5.82. The maximum absolute atomic E-state index is 13.1. The van der Waals surface area contributed by atoms with Crippen LogP contribution in [-0.4, -0.2) is 83.0 Å². The first kappa shape index (κ1) is 50.2. The van der Waals surface area contributed by atoms with Crippen molar-refractivity contribution in [1.82, 2.24) is 44.9 Å². The summed E-state index contributed by atoms with van der Waals surface area (Å²) >= 11 is 0. The summed E-state index contributed by atoms with van der Waals surface area (Å²) in [6, 6.07) is 4.03. The molecule has 24 nitrogen and oxygen atoms in total. The van der Waals surface area contributed by atoms with Gasteiger partial charge in [0.1, 0.15) is 34.9 Å². The monoisotopic (exact) mass is 1050 g/mol. The number of rotatable bonds is 9. The van der Waals surface area contributed by atoms with Gasteiger partial charge < -0.3 is 28.4 Å². The third-order valence-corrected chi connectivity index (χ3v) is 7.25. The van der Waals surface area contributed by atoms with Gasteiger partial charge >= 0.3 is 38.2 Å². The van der Waals surface area contributed by atoms with Crippen molar-refractivity contribution < 1.29 is 107 Å². The van der Waals surface area contributed by atoms with E-state index in [9.17, 15) is 94.8 Å². The number of halogens is 18. The quantitative estimate of drug-likeness (QED) is 0.171. The van der Waals surface area contributed by atoms with Gasteiger partial charge in [0.25, 0.3) is 35.3 Å². The van der Waals surface area contributed by atoms with Crippen LogP contribution < -0.4 is 61.3 Å². The Labute approximate surface area is 374 Å². The number of fused-ring (bicyclic) bond motifs is 3. The van der Waals surface area contributed by atoms with E-state index in [-0.39, 0.29) is 0 Å². The summed E-state index contributed by atoms with van der Waals surface area (Å²) < 4.78 is 256. The molecule has 0 bridgehead atoms. The van der Waals surface area contributed by atoms with Crippen molar-refractivity contribution in [3.8, 4) is 53.5 Å². The maximum Gasteiger partial charge on any atom is 0.574 e. The van der Waals surface area contributed by atoms with E-state index in [0.29, 0.717) is 0 Å². The first-order valence-corrected chi connectivity index (χ1v) is 17.0. The number of aromatic nitrogens is 9. The van der Waals surface area contributed by atoms with Crippen LogP contribution in [0.4, 0.5) is 79.0 Å². The molecule has 4 aromatic rings. The lowest BCUT2D eigenvalue weighted by Crippen LogP contribution is -2.33. The minimum Gasteiger partial charge on any atom is -0.382 e. The molecule has 0 unspecified atom stereocenters. The van der Waals surface area contributed by atoms with Crippen LogP contribution >= 0.6 is 0 Å². The second kappa shape index (κ2) is 17.4. The molecular formula is C30F18N18O6. The summed E-state index contributed by atoms with van der Waals surface area (Å²) in [7, 11) is 0. The van der Waals surface area contributed by atoms with E-state index in [4.69, 9.17) is 0 Å². The maximum atomic E-state index is 13.1. The second-order valence-corrected chi connectivity index (χ2v) is 12.1. The summed E-state index contributed by atoms with van der Waals surface area (Å²) in [4.78, 5) is 51.3. The molecule has 0 amide bonds. The highest BCUT2D eigenvalue weighted by atomic mass is 19.4. The van der Waals surface area contributed by atoms with Gasteiger partial charge in [0.15, 0.2) is 34.9 Å². The predicted molar refractivity (Wildman–Crippen MR) is 171 cm³/mol. The molecule has 72 heavy (non-hydrogen) atoms. The molecular weight excluding hydrogens is 1050 g/mol. The van der Waals surface area contributed by atoms with Crippen LogP contribution in [0.15, 0.2) is 47.4 Å². The van der Waals surface area contributed by atoms with Crippen molar-refractivity contribution >= 4 is 16.7 Å². The Hall–Kier alpha value is -9.72. The molecule has 0 atom stereocenters. The fourth-order valence-corrected chi connectivity index (χ4v) is 4.99. The Balaban J connectivity index is 1.49. The Kier molecular flexibility index (Phi) is 12.1. The Morgan fingerprint density at radius 2 is 0.431 bits per heavy atom. The van der Waals surface area contributed by atoms with Crippen LogP contribution in [0.25, 0.3) is 16.7 Å². The van der Waals surface area contributed by atoms with Gasteiger partial charge in [-0.2, -0.15) is 45.7 Å². The zero-order chi connectivity index (χ0) is 53.1. The third kappa shape index (κ3) is 11.7. The average molecular weight is 1050 g/mol. The summed E-state index contributed by atoms with van der Waals surface area (Å²) in [6.45, 7) is 0. The van der Waals surface area contributed by atoms with Gasteiger partial charge in [0.2, 0.25) is 32.9 Å². The number of nitrogens with zero attached hydrogens (tertiary/aromatic N) is 18. The number of hydrogen-bond acceptors (Lipinski definition) is 24. The standard InChI is InChI=1S/C30F18N18O6/c31-25(32,33)67-19-20(68-26(34,35)36)62-14-13(61-19)55-10(56-14)4(1-49)7-52-8(5(2-50)11-57-15-16(58-11)64-22(70-28(40,41)42)21(63-15)69-27(37,38)39)54-9(53-7)6(3-51)12-59-17-18(60-12)66-24(72-30(46,47)48)23(65-17)71-29(43,44)45. The van der Waals surface area contributed by atoms with Gasteiger partial charge in [0, 0.05) is 0 Å². The fraction of sp³-hybridized carbons (Fsp3) is 0.200. The normalized spacial score (nSPS) is 14.0. The minimum atomic E-state index is -5.76. The number of nitriles is 3. The second-order valence-electron chi connectivity index (χ2n) is 12.1. The number of alkyl halides is 18. The van der Waals surface area contributed by atoms with Crippen molar-refractivity contribution in [2.45, 2.75) is 38.2 Å². The van der Waals surface area contributed by atoms with Gasteiger partial charge in [0.05, 0.1) is 0 Å². The molecule has 3 aliphatic heterocycles. The molecule has 42 heteroatoms. The SMILES string of the molecule is N#CC(=C1N=c2nc(OC(F)(F)F)c(OC(F)(F)F)nc2=N1)c1nc(C(C#N)=C2N=c3nc(OC(F)(F)F)c(OC(F)(F)F)nc3=N2)nc(C(C#N)=C2N=c3nc(OC(F)(F)F)c(OC(F)(F)F)nc3=N2)n1. The fourth-order valence-electron chi connectivity index (χ4n) is 4.99. The highest BCUT2D eigenvalue weighted by Gasteiger charge is 2.42. The molecule has 372 valence electrons. The molecule has 0 radical (unpaired) electrons. The Morgan fingerprint density at radius 3 is 0.556 bits per heavy atom. The van der Waals surface area contributed by atoms with E-state index in [1.165, 1.54) is 18.2 Å². The van der Waals surface area contributed by atoms with Crippen molar-refractivity contribution in [3.05, 3.63) is 67.9 Å². The molecule has 0 saturated heterocycles. The van der Waals surface area contributed by atoms with E-state index in [0.717, 1.165) is 0 Å². The smallest absolute Gasteiger partial charge is 0.382 e. The molecule has 7 heterocycles. The van der Waals surface area contributed by atoms with Gasteiger partial charge in [-0.15, -0.1) is 79.0 Å². The molecule has 0 N–H and O–H groups in total. The van der Waals surface area contributed by atoms with Crippen LogP contribution in [-0.2, 0) is 0 Å². The van der Waals surface area contributed by atoms with Crippen LogP contribution in [0.1, 0.15) is 17.5 Å². The van der Waals surface area contributed by atoms with E-state index >= 15 is 0 Å². The average Bonchev–Trinajstić information content (AvgIpc) is 3.92. The Bertz CT molecular complexity index is 3070. The zero-order valence-corrected chi connectivity index (χ0v) is 32.3. The van der Waals surface area contributed by atoms with Crippen molar-refractivity contribution in [2.75, 3.05) is 0 Å². The number of ether oxygens (including phenoxy) is 6. The van der Waals surface area contributed by atoms with Crippen molar-refractivity contribution in [1.29, 1.82) is 15.8 Å². The van der Waals surface area contributed by atoms with Crippen LogP contribution in [0, 0.1) is 34.0 Å². The van der Waals surface area contributed by atoms with Crippen molar-refractivity contribution in [3.63, 3.8) is 0 Å². The zero-order valence-electron chi connectivity index (χ0n) is 32.3. The molecule has 3 aliphatic rings. The van der Waals surface area contributed by atoms with Gasteiger partial charge in [-0.05, 0) is 0 Å². The van der Waals surface area contributed by atoms with E-state index in [2.05, 4.69) is 103 Å². The topological polar surface area (TPSA) is 317 Å². The van der Waals surface area contributed by atoms with Crippen LogP contribution in [0.3, 0.4) is 0 Å². The van der Waals surface area contributed by atoms with Gasteiger partial charge in [-0.3, -0.25) is 0 Å². The summed E-state index contributed by atoms with van der Waals surface area (Å²) in [5, 5.41) is 30.7. The lowest BCUT2D eigenvalue weighted by Gasteiger charge is -2.12. The van der Waals surface area contributed by atoms with Crippen LogP contribution in [0.2, 0.25) is 0 Å². The summed E-state index contributed by atoms with van der Waals surface area (Å²) in [5.74, 6) is -19.3. The minimum absolute atomic E-state index is 1.14. The first-order valence-electron chi connectivity index (χ1n) is 17.0. The first-order chi connectivity index (χ1) is 33.2. The molecule has 0 fully saturated rings. The van der Waals surface area contributed by atoms with Gasteiger partial charge in [-0.25, -0.2) is 44.9 Å². The third-order valence-electron chi connectivity index (χ3n) is 7.25. The molecule has 4 aromatic heterocycles. The lowest BCUT2D eigenvalue weighted by atomic mass is 10.2. The number of allylic oxidation sites excluding steroid dienone is 3. The van der Waals surface area contributed by atoms with E-state index in [1.807, 2.05) is 0 Å². The molecule has 0 spiro atoms. The molecule has 0 aromatic carbocycles. The largest absolute Gasteiger partial charge is 0.574 e. The number of hydrogen-bond donors (Lipinski definition) is 0. The van der Waals surface area contributed by atoms with E-state index < -0.39 is 158 Å². The summed E-state index contributed by atoms with van der Waals surface area (Å²) in [6.07, 6.45) is -34.6.